The van der Waals surface area contributed by atoms with E-state index in [0.29, 0.717) is 19.3 Å². The first-order valence-corrected chi connectivity index (χ1v) is 33.6. The van der Waals surface area contributed by atoms with E-state index < -0.39 is 6.10 Å². The van der Waals surface area contributed by atoms with Crippen LogP contribution in [0.4, 0.5) is 0 Å². The summed E-state index contributed by atoms with van der Waals surface area (Å²) in [5.74, 6) is -0.893. The van der Waals surface area contributed by atoms with Gasteiger partial charge in [0.15, 0.2) is 6.10 Å². The SMILES string of the molecule is CC/C=C\C/C=C\C/C=C\C/C=C\CCCCCCCCCCCCCCCCCCCCCCCCC(=O)OCC(COC(=O)CCCCCCC/C=C\CCC)OC(=O)CCCCCCC/C=C\C/C=C\CCCCC. The number of carbonyl (C=O) groups excluding carboxylic acids is 3. The number of esters is 3. The Morgan fingerprint density at radius 2 is 0.526 bits per heavy atom. The van der Waals surface area contributed by atoms with Gasteiger partial charge in [0, 0.05) is 19.3 Å². The second-order valence-electron chi connectivity index (χ2n) is 22.3. The lowest BCUT2D eigenvalue weighted by Crippen LogP contribution is -2.30. The fraction of sp³-hybridized carbons (Fsp3) is 0.764. The summed E-state index contributed by atoms with van der Waals surface area (Å²) >= 11 is 0. The molecule has 1 unspecified atom stereocenters. The molecule has 0 aliphatic heterocycles. The fourth-order valence-electron chi connectivity index (χ4n) is 9.59. The minimum absolute atomic E-state index is 0.0808. The van der Waals surface area contributed by atoms with Crippen LogP contribution in [0.15, 0.2) is 85.1 Å². The van der Waals surface area contributed by atoms with Crippen molar-refractivity contribution in [1.29, 1.82) is 0 Å². The van der Waals surface area contributed by atoms with Crippen LogP contribution in [0.3, 0.4) is 0 Å². The Kier molecular flexibility index (Phi) is 63.2. The van der Waals surface area contributed by atoms with Crippen LogP contribution in [0.2, 0.25) is 0 Å². The fourth-order valence-corrected chi connectivity index (χ4v) is 9.59. The molecule has 450 valence electrons. The minimum Gasteiger partial charge on any atom is -0.462 e. The highest BCUT2D eigenvalue weighted by Gasteiger charge is 2.19. The molecule has 1 atom stereocenters. The maximum Gasteiger partial charge on any atom is 0.306 e. The lowest BCUT2D eigenvalue weighted by molar-refractivity contribution is -0.167. The summed E-state index contributed by atoms with van der Waals surface area (Å²) in [5, 5.41) is 0. The van der Waals surface area contributed by atoms with E-state index in [1.54, 1.807) is 0 Å². The number of hydrogen-bond acceptors (Lipinski definition) is 6. The van der Waals surface area contributed by atoms with Gasteiger partial charge in [-0.1, -0.05) is 292 Å². The third-order valence-corrected chi connectivity index (χ3v) is 14.6. The molecular weight excluding hydrogens is 961 g/mol. The van der Waals surface area contributed by atoms with Gasteiger partial charge in [-0.15, -0.1) is 0 Å². The van der Waals surface area contributed by atoms with Crippen LogP contribution in [0.1, 0.15) is 335 Å². The van der Waals surface area contributed by atoms with Crippen LogP contribution in [-0.2, 0) is 28.6 Å². The molecular formula is C72H126O6. The number of ether oxygens (including phenoxy) is 3. The molecule has 0 spiro atoms. The van der Waals surface area contributed by atoms with Gasteiger partial charge < -0.3 is 14.2 Å². The second-order valence-corrected chi connectivity index (χ2v) is 22.3. The molecule has 0 saturated heterocycles. The van der Waals surface area contributed by atoms with Crippen molar-refractivity contribution in [1.82, 2.24) is 0 Å². The third-order valence-electron chi connectivity index (χ3n) is 14.6. The Hall–Kier alpha value is -3.41. The van der Waals surface area contributed by atoms with Crippen LogP contribution in [0.5, 0.6) is 0 Å². The van der Waals surface area contributed by atoms with Crippen LogP contribution in [-0.4, -0.2) is 37.2 Å². The lowest BCUT2D eigenvalue weighted by atomic mass is 10.0. The van der Waals surface area contributed by atoms with Crippen molar-refractivity contribution in [2.24, 2.45) is 0 Å². The smallest absolute Gasteiger partial charge is 0.306 e. The van der Waals surface area contributed by atoms with E-state index in [1.807, 2.05) is 0 Å². The summed E-state index contributed by atoms with van der Waals surface area (Å²) in [4.78, 5) is 38.2. The zero-order chi connectivity index (χ0) is 56.4. The topological polar surface area (TPSA) is 78.9 Å². The summed E-state index contributed by atoms with van der Waals surface area (Å²) in [7, 11) is 0. The summed E-state index contributed by atoms with van der Waals surface area (Å²) < 4.78 is 16.9. The van der Waals surface area contributed by atoms with E-state index in [2.05, 4.69) is 106 Å². The largest absolute Gasteiger partial charge is 0.462 e. The van der Waals surface area contributed by atoms with Crippen LogP contribution >= 0.6 is 0 Å². The number of rotatable bonds is 61. The Morgan fingerprint density at radius 1 is 0.269 bits per heavy atom. The standard InChI is InChI=1S/C72H126O6/c1-4-7-10-13-16-19-22-24-26-27-28-29-30-31-32-33-34-35-36-37-38-39-40-41-42-43-44-45-47-48-50-53-56-59-62-65-71(74)77-68-69(67-76-70(73)64-61-58-55-52-21-18-15-12-9-6-3)78-72(75)66-63-60-57-54-51-49-46-25-23-20-17-14-11-8-5-2/h7,10,12,15-17,19-20,24-26,28-29,46,69H,4-6,8-9,11,13-14,18,21-23,27,30-45,47-68H2,1-3H3/b10-7-,15-12-,19-16-,20-17-,26-24-,29-28-,46-25-. The van der Waals surface area contributed by atoms with E-state index in [1.165, 1.54) is 173 Å². The Bertz CT molecular complexity index is 1480. The van der Waals surface area contributed by atoms with Gasteiger partial charge in [-0.3, -0.25) is 14.4 Å². The van der Waals surface area contributed by atoms with Gasteiger partial charge in [0.05, 0.1) is 0 Å². The maximum atomic E-state index is 12.9. The Morgan fingerprint density at radius 3 is 0.846 bits per heavy atom. The molecule has 0 saturated carbocycles. The third kappa shape index (κ3) is 63.4. The normalized spacial score (nSPS) is 12.6. The van der Waals surface area contributed by atoms with Gasteiger partial charge in [0.25, 0.3) is 0 Å². The number of allylic oxidation sites excluding steroid dienone is 14. The molecule has 0 N–H and O–H groups in total. The zero-order valence-electron chi connectivity index (χ0n) is 51.7. The molecule has 0 heterocycles. The van der Waals surface area contributed by atoms with Crippen molar-refractivity contribution < 1.29 is 28.6 Å². The summed E-state index contributed by atoms with van der Waals surface area (Å²) in [5.41, 5.74) is 0. The number of carbonyl (C=O) groups is 3. The highest BCUT2D eigenvalue weighted by atomic mass is 16.6. The van der Waals surface area contributed by atoms with Crippen molar-refractivity contribution in [3.63, 3.8) is 0 Å². The quantitative estimate of drug-likeness (QED) is 0.0261. The first kappa shape index (κ1) is 74.6. The predicted molar refractivity (Wildman–Crippen MR) is 339 cm³/mol. The average Bonchev–Trinajstić information content (AvgIpc) is 3.44. The number of hydrogen-bond donors (Lipinski definition) is 0. The highest BCUT2D eigenvalue weighted by molar-refractivity contribution is 5.71. The lowest BCUT2D eigenvalue weighted by Gasteiger charge is -2.18. The van der Waals surface area contributed by atoms with Crippen molar-refractivity contribution in [3.05, 3.63) is 85.1 Å². The Labute approximate surface area is 484 Å². The van der Waals surface area contributed by atoms with E-state index in [9.17, 15) is 14.4 Å². The van der Waals surface area contributed by atoms with E-state index in [-0.39, 0.29) is 31.1 Å². The van der Waals surface area contributed by atoms with Gasteiger partial charge in [-0.25, -0.2) is 0 Å². The van der Waals surface area contributed by atoms with Gasteiger partial charge in [-0.2, -0.15) is 0 Å². The van der Waals surface area contributed by atoms with Crippen LogP contribution in [0, 0.1) is 0 Å². The molecule has 0 bridgehead atoms. The van der Waals surface area contributed by atoms with Gasteiger partial charge in [-0.05, 0) is 109 Å². The second kappa shape index (κ2) is 66.1. The van der Waals surface area contributed by atoms with Crippen molar-refractivity contribution >= 4 is 17.9 Å². The predicted octanol–water partition coefficient (Wildman–Crippen LogP) is 23.1. The van der Waals surface area contributed by atoms with Gasteiger partial charge in [0.1, 0.15) is 13.2 Å². The molecule has 0 aliphatic rings. The minimum atomic E-state index is -0.784. The van der Waals surface area contributed by atoms with Gasteiger partial charge >= 0.3 is 17.9 Å². The molecule has 0 amide bonds. The molecule has 0 aliphatic carbocycles. The molecule has 0 aromatic rings. The van der Waals surface area contributed by atoms with Crippen LogP contribution in [0.25, 0.3) is 0 Å². The molecule has 0 aromatic heterocycles. The van der Waals surface area contributed by atoms with Crippen molar-refractivity contribution in [2.45, 2.75) is 341 Å². The highest BCUT2D eigenvalue weighted by Crippen LogP contribution is 2.17. The molecule has 78 heavy (non-hydrogen) atoms. The van der Waals surface area contributed by atoms with E-state index in [4.69, 9.17) is 14.2 Å². The maximum absolute atomic E-state index is 12.9. The number of unbranched alkanes of at least 4 members (excludes halogenated alkanes) is 36. The van der Waals surface area contributed by atoms with E-state index >= 15 is 0 Å². The summed E-state index contributed by atoms with van der Waals surface area (Å²) in [6, 6.07) is 0. The molecule has 0 fully saturated rings. The van der Waals surface area contributed by atoms with Crippen LogP contribution < -0.4 is 0 Å². The van der Waals surface area contributed by atoms with E-state index in [0.717, 1.165) is 122 Å². The monoisotopic (exact) mass is 1090 g/mol. The first-order valence-electron chi connectivity index (χ1n) is 33.6. The molecule has 0 radical (unpaired) electrons. The average molecular weight is 1090 g/mol. The molecule has 0 rings (SSSR count). The Balaban J connectivity index is 4.03. The summed E-state index contributed by atoms with van der Waals surface area (Å²) in [6.45, 7) is 6.45. The molecule has 6 nitrogen and oxygen atoms in total. The zero-order valence-corrected chi connectivity index (χ0v) is 51.7. The van der Waals surface area contributed by atoms with Gasteiger partial charge in [0.2, 0.25) is 0 Å². The molecule has 6 heteroatoms. The molecule has 0 aromatic carbocycles. The summed E-state index contributed by atoms with van der Waals surface area (Å²) in [6.07, 6.45) is 87.7. The van der Waals surface area contributed by atoms with Crippen molar-refractivity contribution in [2.75, 3.05) is 13.2 Å². The first-order chi connectivity index (χ1) is 38.5. The van der Waals surface area contributed by atoms with Crippen molar-refractivity contribution in [3.8, 4) is 0 Å².